The van der Waals surface area contributed by atoms with Crippen molar-refractivity contribution >= 4 is 34.4 Å². The van der Waals surface area contributed by atoms with Gasteiger partial charge >= 0.3 is 6.00 Å². The minimum atomic E-state index is -3.66. The normalized spacial score (nSPS) is 10.9. The predicted octanol–water partition coefficient (Wildman–Crippen LogP) is 4.79. The van der Waals surface area contributed by atoms with E-state index in [0.29, 0.717) is 11.5 Å². The zero-order valence-electron chi connectivity index (χ0n) is 10.1. The van der Waals surface area contributed by atoms with Crippen LogP contribution in [0.2, 0.25) is 0 Å². The number of rotatable bonds is 4. The molecule has 1 amide bonds. The Kier molecular flexibility index (Phi) is 4.71. The number of hydrogen-bond acceptors (Lipinski definition) is 3. The van der Waals surface area contributed by atoms with Gasteiger partial charge in [0.2, 0.25) is 0 Å². The van der Waals surface area contributed by atoms with Gasteiger partial charge in [0, 0.05) is 5.56 Å². The molecule has 0 atom stereocenters. The molecule has 0 bridgehead atoms. The molecular formula is C13H10Cl2NO3P. The summed E-state index contributed by atoms with van der Waals surface area (Å²) in [7, 11) is 0. The van der Waals surface area contributed by atoms with Gasteiger partial charge < -0.3 is 4.74 Å². The first kappa shape index (κ1) is 14.9. The lowest BCUT2D eigenvalue weighted by Crippen LogP contribution is -2.16. The van der Waals surface area contributed by atoms with Crippen LogP contribution < -0.4 is 9.82 Å². The number of para-hydroxylation sites is 1. The first-order valence-electron chi connectivity index (χ1n) is 5.59. The van der Waals surface area contributed by atoms with Crippen LogP contribution in [0.1, 0.15) is 10.4 Å². The number of hydrogen-bond donors (Lipinski definition) is 1. The van der Waals surface area contributed by atoms with Gasteiger partial charge in [-0.25, -0.2) is 0 Å². The van der Waals surface area contributed by atoms with Gasteiger partial charge in [-0.3, -0.25) is 14.4 Å². The fraction of sp³-hybridized carbons (Fsp3) is 0. The number of carbonyl (C=O) groups is 1. The third-order valence-corrected chi connectivity index (χ3v) is 3.28. The highest BCUT2D eigenvalue weighted by atomic mass is 35.9. The van der Waals surface area contributed by atoms with Crippen LogP contribution in [-0.2, 0) is 4.57 Å². The van der Waals surface area contributed by atoms with Gasteiger partial charge in [0.1, 0.15) is 11.5 Å². The number of benzene rings is 2. The van der Waals surface area contributed by atoms with E-state index in [9.17, 15) is 9.36 Å². The second-order valence-electron chi connectivity index (χ2n) is 3.85. The fourth-order valence-electron chi connectivity index (χ4n) is 1.51. The van der Waals surface area contributed by atoms with E-state index in [4.69, 9.17) is 27.2 Å². The first-order chi connectivity index (χ1) is 9.44. The monoisotopic (exact) mass is 329 g/mol. The molecule has 0 fully saturated rings. The van der Waals surface area contributed by atoms with E-state index >= 15 is 0 Å². The summed E-state index contributed by atoms with van der Waals surface area (Å²) in [6.45, 7) is 0. The standard InChI is InChI=1S/C13H10Cl2NO3P/c14-20(15,18)16-13(17)10-5-4-8-12(9-10)19-11-6-2-1-3-7-11/h1-9H,(H,16,17,18). The molecule has 0 saturated carbocycles. The van der Waals surface area contributed by atoms with Crippen LogP contribution in [0.25, 0.3) is 0 Å². The van der Waals surface area contributed by atoms with Crippen molar-refractivity contribution in [3.63, 3.8) is 0 Å². The highest BCUT2D eigenvalue weighted by molar-refractivity contribution is 8.07. The summed E-state index contributed by atoms with van der Waals surface area (Å²) >= 11 is 10.6. The van der Waals surface area contributed by atoms with Crippen molar-refractivity contribution in [2.45, 2.75) is 0 Å². The molecule has 0 aliphatic carbocycles. The Labute approximate surface area is 125 Å². The molecule has 0 aliphatic heterocycles. The van der Waals surface area contributed by atoms with Crippen LogP contribution in [0.5, 0.6) is 11.5 Å². The molecule has 20 heavy (non-hydrogen) atoms. The molecular weight excluding hydrogens is 320 g/mol. The van der Waals surface area contributed by atoms with Crippen molar-refractivity contribution in [3.05, 3.63) is 60.2 Å². The Morgan fingerprint density at radius 3 is 2.30 bits per heavy atom. The van der Waals surface area contributed by atoms with Crippen molar-refractivity contribution in [1.29, 1.82) is 0 Å². The number of nitrogens with one attached hydrogen (secondary N) is 1. The zero-order valence-corrected chi connectivity index (χ0v) is 12.5. The molecule has 4 nitrogen and oxygen atoms in total. The molecule has 0 aromatic heterocycles. The second kappa shape index (κ2) is 6.31. The van der Waals surface area contributed by atoms with E-state index in [1.54, 1.807) is 24.3 Å². The van der Waals surface area contributed by atoms with Crippen molar-refractivity contribution in [1.82, 2.24) is 5.09 Å². The minimum Gasteiger partial charge on any atom is -0.457 e. The van der Waals surface area contributed by atoms with Crippen LogP contribution in [0.15, 0.2) is 54.6 Å². The minimum absolute atomic E-state index is 0.250. The van der Waals surface area contributed by atoms with Crippen molar-refractivity contribution in [3.8, 4) is 11.5 Å². The Morgan fingerprint density at radius 2 is 1.65 bits per heavy atom. The quantitative estimate of drug-likeness (QED) is 0.820. The van der Waals surface area contributed by atoms with Crippen LogP contribution in [0.3, 0.4) is 0 Å². The molecule has 2 aromatic rings. The maximum absolute atomic E-state index is 11.8. The smallest absolute Gasteiger partial charge is 0.345 e. The highest BCUT2D eigenvalue weighted by Gasteiger charge is 2.18. The zero-order chi connectivity index (χ0) is 14.6. The van der Waals surface area contributed by atoms with E-state index in [1.165, 1.54) is 12.1 Å². The third-order valence-electron chi connectivity index (χ3n) is 2.31. The summed E-state index contributed by atoms with van der Waals surface area (Å²) in [5, 5.41) is 2.02. The summed E-state index contributed by atoms with van der Waals surface area (Å²) in [5.41, 5.74) is 0.250. The van der Waals surface area contributed by atoms with E-state index in [-0.39, 0.29) is 5.56 Å². The maximum Gasteiger partial charge on any atom is 0.345 e. The largest absolute Gasteiger partial charge is 0.457 e. The molecule has 104 valence electrons. The van der Waals surface area contributed by atoms with Crippen LogP contribution in [-0.4, -0.2) is 5.91 Å². The molecule has 2 aromatic carbocycles. The molecule has 0 saturated heterocycles. The van der Waals surface area contributed by atoms with Gasteiger partial charge in [-0.05, 0) is 52.8 Å². The van der Waals surface area contributed by atoms with Crippen molar-refractivity contribution < 1.29 is 14.1 Å². The van der Waals surface area contributed by atoms with Gasteiger partial charge in [-0.1, -0.05) is 24.3 Å². The molecule has 1 N–H and O–H groups in total. The van der Waals surface area contributed by atoms with Gasteiger partial charge in [-0.2, -0.15) is 0 Å². The van der Waals surface area contributed by atoms with Gasteiger partial charge in [0.05, 0.1) is 0 Å². The number of ether oxygens (including phenoxy) is 1. The van der Waals surface area contributed by atoms with Gasteiger partial charge in [-0.15, -0.1) is 0 Å². The Hall–Kier alpha value is -1.48. The summed E-state index contributed by atoms with van der Waals surface area (Å²) < 4.78 is 16.7. The molecule has 0 unspecified atom stereocenters. The Balaban J connectivity index is 2.16. The van der Waals surface area contributed by atoms with Crippen LogP contribution in [0.4, 0.5) is 0 Å². The number of amides is 1. The van der Waals surface area contributed by atoms with Gasteiger partial charge in [0.25, 0.3) is 5.91 Å². The maximum atomic E-state index is 11.8. The molecule has 0 spiro atoms. The fourth-order valence-corrected chi connectivity index (χ4v) is 2.33. The SMILES string of the molecule is O=C(NP(=O)(Cl)Cl)c1cccc(Oc2ccccc2)c1. The lowest BCUT2D eigenvalue weighted by atomic mass is 10.2. The molecule has 0 radical (unpaired) electrons. The molecule has 0 heterocycles. The number of halogens is 2. The topological polar surface area (TPSA) is 55.4 Å². The summed E-state index contributed by atoms with van der Waals surface area (Å²) in [4.78, 5) is 11.8. The van der Waals surface area contributed by atoms with Gasteiger partial charge in [0.15, 0.2) is 0 Å². The van der Waals surface area contributed by atoms with E-state index in [1.807, 2.05) is 23.3 Å². The summed E-state index contributed by atoms with van der Waals surface area (Å²) in [6, 6.07) is 15.5. The Bertz CT molecular complexity index is 658. The lowest BCUT2D eigenvalue weighted by molar-refractivity contribution is 0.0981. The van der Waals surface area contributed by atoms with E-state index < -0.39 is 11.9 Å². The van der Waals surface area contributed by atoms with E-state index in [0.717, 1.165) is 0 Å². The third kappa shape index (κ3) is 4.57. The Morgan fingerprint density at radius 1 is 1.00 bits per heavy atom. The number of carbonyl (C=O) groups excluding carboxylic acids is 1. The molecule has 7 heteroatoms. The van der Waals surface area contributed by atoms with Crippen LogP contribution >= 0.6 is 28.5 Å². The van der Waals surface area contributed by atoms with Crippen molar-refractivity contribution in [2.24, 2.45) is 0 Å². The van der Waals surface area contributed by atoms with Crippen LogP contribution in [0, 0.1) is 0 Å². The molecule has 0 aliphatic rings. The summed E-state index contributed by atoms with van der Waals surface area (Å²) in [6.07, 6.45) is 0. The van der Waals surface area contributed by atoms with E-state index in [2.05, 4.69) is 0 Å². The average molecular weight is 330 g/mol. The molecule has 2 rings (SSSR count). The summed E-state index contributed by atoms with van der Waals surface area (Å²) in [5.74, 6) is -3.17. The average Bonchev–Trinajstić information content (AvgIpc) is 2.38. The first-order valence-corrected chi connectivity index (χ1v) is 9.11. The lowest BCUT2D eigenvalue weighted by Gasteiger charge is -2.08. The van der Waals surface area contributed by atoms with Crippen molar-refractivity contribution in [2.75, 3.05) is 0 Å². The highest BCUT2D eigenvalue weighted by Crippen LogP contribution is 2.52. The predicted molar refractivity (Wildman–Crippen MR) is 79.7 cm³/mol. The second-order valence-corrected chi connectivity index (χ2v) is 8.37.